The van der Waals surface area contributed by atoms with Crippen molar-refractivity contribution in [3.05, 3.63) is 29.0 Å². The minimum absolute atomic E-state index is 0.0698. The SMILES string of the molecule is CCOC(=O)c1n[nH]nc1-c1ccc(C)c(C)c1O. The van der Waals surface area contributed by atoms with Gasteiger partial charge in [-0.05, 0) is 38.0 Å². The maximum atomic E-state index is 11.7. The van der Waals surface area contributed by atoms with Crippen LogP contribution in [0.2, 0.25) is 0 Å². The molecule has 6 heteroatoms. The Morgan fingerprint density at radius 2 is 2.11 bits per heavy atom. The van der Waals surface area contributed by atoms with Gasteiger partial charge in [0, 0.05) is 5.56 Å². The van der Waals surface area contributed by atoms with Crippen LogP contribution in [0, 0.1) is 13.8 Å². The lowest BCUT2D eigenvalue weighted by Crippen LogP contribution is -2.07. The molecule has 0 aliphatic carbocycles. The van der Waals surface area contributed by atoms with E-state index in [-0.39, 0.29) is 18.1 Å². The van der Waals surface area contributed by atoms with E-state index in [2.05, 4.69) is 15.4 Å². The lowest BCUT2D eigenvalue weighted by Gasteiger charge is -2.08. The van der Waals surface area contributed by atoms with Crippen molar-refractivity contribution < 1.29 is 14.6 Å². The molecule has 100 valence electrons. The molecule has 0 saturated carbocycles. The number of esters is 1. The summed E-state index contributed by atoms with van der Waals surface area (Å²) >= 11 is 0. The van der Waals surface area contributed by atoms with Gasteiger partial charge in [-0.3, -0.25) is 0 Å². The molecule has 0 amide bonds. The number of aromatic amines is 1. The predicted molar refractivity (Wildman–Crippen MR) is 68.9 cm³/mol. The molecule has 0 atom stereocenters. The molecule has 0 saturated heterocycles. The minimum atomic E-state index is -0.566. The van der Waals surface area contributed by atoms with E-state index in [4.69, 9.17) is 4.74 Å². The quantitative estimate of drug-likeness (QED) is 0.825. The van der Waals surface area contributed by atoms with Crippen molar-refractivity contribution >= 4 is 5.97 Å². The summed E-state index contributed by atoms with van der Waals surface area (Å²) in [6, 6.07) is 3.56. The van der Waals surface area contributed by atoms with E-state index in [1.54, 1.807) is 19.9 Å². The number of H-pyrrole nitrogens is 1. The van der Waals surface area contributed by atoms with Gasteiger partial charge in [-0.1, -0.05) is 6.07 Å². The summed E-state index contributed by atoms with van der Waals surface area (Å²) in [5.41, 5.74) is 2.53. The summed E-state index contributed by atoms with van der Waals surface area (Å²) in [6.45, 7) is 5.67. The van der Waals surface area contributed by atoms with E-state index in [0.29, 0.717) is 11.3 Å². The van der Waals surface area contributed by atoms with Gasteiger partial charge in [0.2, 0.25) is 0 Å². The van der Waals surface area contributed by atoms with Crippen LogP contribution >= 0.6 is 0 Å². The van der Waals surface area contributed by atoms with E-state index >= 15 is 0 Å². The molecule has 2 aromatic rings. The van der Waals surface area contributed by atoms with Crippen LogP contribution in [-0.4, -0.2) is 33.1 Å². The number of carbonyl (C=O) groups is 1. The summed E-state index contributed by atoms with van der Waals surface area (Å²) in [7, 11) is 0. The van der Waals surface area contributed by atoms with Gasteiger partial charge in [-0.2, -0.15) is 10.3 Å². The van der Waals surface area contributed by atoms with Crippen LogP contribution in [0.25, 0.3) is 11.3 Å². The molecule has 0 aliphatic rings. The maximum absolute atomic E-state index is 11.7. The Bertz CT molecular complexity index is 620. The first-order valence-electron chi connectivity index (χ1n) is 5.93. The maximum Gasteiger partial charge on any atom is 0.361 e. The highest BCUT2D eigenvalue weighted by molar-refractivity contribution is 5.94. The number of aryl methyl sites for hydroxylation is 1. The smallest absolute Gasteiger partial charge is 0.361 e. The van der Waals surface area contributed by atoms with Crippen molar-refractivity contribution in [2.45, 2.75) is 20.8 Å². The second kappa shape index (κ2) is 5.09. The van der Waals surface area contributed by atoms with Gasteiger partial charge in [0.15, 0.2) is 5.69 Å². The number of nitrogens with zero attached hydrogens (tertiary/aromatic N) is 2. The van der Waals surface area contributed by atoms with Crippen molar-refractivity contribution in [1.82, 2.24) is 15.4 Å². The average Bonchev–Trinajstić information content (AvgIpc) is 2.85. The number of aromatic nitrogens is 3. The van der Waals surface area contributed by atoms with Crippen LogP contribution in [-0.2, 0) is 4.74 Å². The molecule has 0 fully saturated rings. The Balaban J connectivity index is 2.52. The number of benzene rings is 1. The molecule has 0 radical (unpaired) electrons. The zero-order chi connectivity index (χ0) is 14.0. The first-order valence-corrected chi connectivity index (χ1v) is 5.93. The van der Waals surface area contributed by atoms with Crippen LogP contribution in [0.4, 0.5) is 0 Å². The monoisotopic (exact) mass is 261 g/mol. The number of rotatable bonds is 3. The van der Waals surface area contributed by atoms with Gasteiger partial charge in [-0.25, -0.2) is 4.79 Å². The number of ether oxygens (including phenoxy) is 1. The highest BCUT2D eigenvalue weighted by Gasteiger charge is 2.22. The Morgan fingerprint density at radius 1 is 1.37 bits per heavy atom. The number of carbonyl (C=O) groups excluding carboxylic acids is 1. The van der Waals surface area contributed by atoms with Crippen LogP contribution in [0.5, 0.6) is 5.75 Å². The van der Waals surface area contributed by atoms with E-state index in [1.807, 2.05) is 13.0 Å². The Labute approximate surface area is 110 Å². The predicted octanol–water partition coefficient (Wildman–Crippen LogP) is 1.97. The highest BCUT2D eigenvalue weighted by atomic mass is 16.5. The number of hydrogen-bond acceptors (Lipinski definition) is 5. The normalized spacial score (nSPS) is 10.5. The molecule has 19 heavy (non-hydrogen) atoms. The molecule has 1 aromatic heterocycles. The van der Waals surface area contributed by atoms with Gasteiger partial charge in [0.25, 0.3) is 0 Å². The Hall–Kier alpha value is -2.37. The lowest BCUT2D eigenvalue weighted by molar-refractivity contribution is 0.0520. The summed E-state index contributed by atoms with van der Waals surface area (Å²) in [4.78, 5) is 11.7. The van der Waals surface area contributed by atoms with Gasteiger partial charge < -0.3 is 9.84 Å². The molecular weight excluding hydrogens is 246 g/mol. The molecule has 2 rings (SSSR count). The van der Waals surface area contributed by atoms with Crippen molar-refractivity contribution in [1.29, 1.82) is 0 Å². The van der Waals surface area contributed by atoms with E-state index < -0.39 is 5.97 Å². The number of hydrogen-bond donors (Lipinski definition) is 2. The van der Waals surface area contributed by atoms with E-state index in [1.165, 1.54) is 0 Å². The second-order valence-electron chi connectivity index (χ2n) is 4.14. The zero-order valence-electron chi connectivity index (χ0n) is 11.0. The van der Waals surface area contributed by atoms with E-state index in [0.717, 1.165) is 11.1 Å². The molecule has 0 unspecified atom stereocenters. The summed E-state index contributed by atoms with van der Waals surface area (Å²) in [5, 5.41) is 20.2. The van der Waals surface area contributed by atoms with Gasteiger partial charge in [0.1, 0.15) is 11.4 Å². The van der Waals surface area contributed by atoms with Crippen molar-refractivity contribution in [3.8, 4) is 17.0 Å². The molecule has 0 spiro atoms. The van der Waals surface area contributed by atoms with Gasteiger partial charge in [-0.15, -0.1) is 5.10 Å². The highest BCUT2D eigenvalue weighted by Crippen LogP contribution is 2.33. The first kappa shape index (κ1) is 13.1. The first-order chi connectivity index (χ1) is 9.06. The van der Waals surface area contributed by atoms with Crippen LogP contribution in [0.3, 0.4) is 0 Å². The minimum Gasteiger partial charge on any atom is -0.507 e. The Morgan fingerprint density at radius 3 is 2.79 bits per heavy atom. The topological polar surface area (TPSA) is 88.1 Å². The van der Waals surface area contributed by atoms with Crippen LogP contribution < -0.4 is 0 Å². The summed E-state index contributed by atoms with van der Waals surface area (Å²) in [6.07, 6.45) is 0. The largest absolute Gasteiger partial charge is 0.507 e. The van der Waals surface area contributed by atoms with Crippen molar-refractivity contribution in [2.75, 3.05) is 6.61 Å². The van der Waals surface area contributed by atoms with Crippen molar-refractivity contribution in [2.24, 2.45) is 0 Å². The lowest BCUT2D eigenvalue weighted by atomic mass is 10.0. The number of phenolic OH excluding ortho intramolecular Hbond substituents is 1. The fourth-order valence-electron chi connectivity index (χ4n) is 1.75. The zero-order valence-corrected chi connectivity index (χ0v) is 11.0. The number of nitrogens with one attached hydrogen (secondary N) is 1. The molecule has 2 N–H and O–H groups in total. The molecule has 0 aliphatic heterocycles. The molecule has 1 aromatic carbocycles. The van der Waals surface area contributed by atoms with Crippen molar-refractivity contribution in [3.63, 3.8) is 0 Å². The van der Waals surface area contributed by atoms with Crippen LogP contribution in [0.15, 0.2) is 12.1 Å². The molecule has 6 nitrogen and oxygen atoms in total. The fourth-order valence-corrected chi connectivity index (χ4v) is 1.75. The third-order valence-corrected chi connectivity index (χ3v) is 2.97. The standard InChI is InChI=1S/C13H15N3O3/c1-4-19-13(18)11-10(14-16-15-11)9-6-5-7(2)8(3)12(9)17/h5-6,17H,4H2,1-3H3,(H,14,15,16). The molecule has 1 heterocycles. The second-order valence-corrected chi connectivity index (χ2v) is 4.14. The Kier molecular flexibility index (Phi) is 3.50. The third kappa shape index (κ3) is 2.29. The summed E-state index contributed by atoms with van der Waals surface area (Å²) in [5.74, 6) is -0.469. The molecular formula is C13H15N3O3. The van der Waals surface area contributed by atoms with Crippen LogP contribution in [0.1, 0.15) is 28.5 Å². The average molecular weight is 261 g/mol. The summed E-state index contributed by atoms with van der Waals surface area (Å²) < 4.78 is 4.90. The fraction of sp³-hybridized carbons (Fsp3) is 0.308. The third-order valence-electron chi connectivity index (χ3n) is 2.97. The number of phenols is 1. The van der Waals surface area contributed by atoms with Gasteiger partial charge >= 0.3 is 5.97 Å². The van der Waals surface area contributed by atoms with Gasteiger partial charge in [0.05, 0.1) is 6.61 Å². The molecule has 0 bridgehead atoms. The van der Waals surface area contributed by atoms with E-state index in [9.17, 15) is 9.90 Å². The number of aromatic hydroxyl groups is 1.